The lowest BCUT2D eigenvalue weighted by molar-refractivity contribution is 0.466. The molecule has 2 aromatic heterocycles. The van der Waals surface area contributed by atoms with Crippen LogP contribution in [0, 0.1) is 6.92 Å². The molecule has 0 spiro atoms. The second-order valence-electron chi connectivity index (χ2n) is 2.78. The van der Waals surface area contributed by atoms with Gasteiger partial charge in [-0.15, -0.1) is 16.7 Å². The molecule has 0 aliphatic carbocycles. The van der Waals surface area contributed by atoms with Crippen LogP contribution < -0.4 is 4.74 Å². The van der Waals surface area contributed by atoms with E-state index in [1.165, 1.54) is 11.3 Å². The van der Waals surface area contributed by atoms with Gasteiger partial charge in [0.25, 0.3) is 5.19 Å². The summed E-state index contributed by atoms with van der Waals surface area (Å²) in [4.78, 5) is 4.11. The molecule has 6 heteroatoms. The highest BCUT2D eigenvalue weighted by atomic mass is 35.5. The van der Waals surface area contributed by atoms with Crippen LogP contribution in [0.4, 0.5) is 0 Å². The SMILES string of the molecule is Cc1ncccc1Oc1nnc(CCl)s1. The van der Waals surface area contributed by atoms with Crippen LogP contribution in [-0.4, -0.2) is 15.2 Å². The van der Waals surface area contributed by atoms with Gasteiger partial charge in [-0.3, -0.25) is 4.98 Å². The molecule has 0 N–H and O–H groups in total. The molecule has 78 valence electrons. The Labute approximate surface area is 95.9 Å². The first-order valence-corrected chi connectivity index (χ1v) is 5.62. The summed E-state index contributed by atoms with van der Waals surface area (Å²) in [5.74, 6) is 1.04. The zero-order valence-corrected chi connectivity index (χ0v) is 9.55. The van der Waals surface area contributed by atoms with E-state index in [-0.39, 0.29) is 0 Å². The van der Waals surface area contributed by atoms with Gasteiger partial charge in [-0.25, -0.2) is 0 Å². The van der Waals surface area contributed by atoms with Gasteiger partial charge in [-0.05, 0) is 19.1 Å². The van der Waals surface area contributed by atoms with Crippen molar-refractivity contribution >= 4 is 22.9 Å². The molecule has 0 aliphatic heterocycles. The van der Waals surface area contributed by atoms with E-state index in [0.717, 1.165) is 10.7 Å². The first-order valence-electron chi connectivity index (χ1n) is 4.27. The van der Waals surface area contributed by atoms with Crippen molar-refractivity contribution in [3.8, 4) is 10.9 Å². The average Bonchev–Trinajstić information content (AvgIpc) is 2.69. The van der Waals surface area contributed by atoms with E-state index in [2.05, 4.69) is 15.2 Å². The van der Waals surface area contributed by atoms with E-state index in [0.29, 0.717) is 16.8 Å². The van der Waals surface area contributed by atoms with E-state index >= 15 is 0 Å². The third-order valence-corrected chi connectivity index (χ3v) is 2.93. The van der Waals surface area contributed by atoms with Crippen molar-refractivity contribution in [2.75, 3.05) is 0 Å². The largest absolute Gasteiger partial charge is 0.428 e. The number of alkyl halides is 1. The van der Waals surface area contributed by atoms with Crippen molar-refractivity contribution in [2.45, 2.75) is 12.8 Å². The fourth-order valence-electron chi connectivity index (χ4n) is 1.00. The van der Waals surface area contributed by atoms with Crippen LogP contribution >= 0.6 is 22.9 Å². The summed E-state index contributed by atoms with van der Waals surface area (Å²) in [5.41, 5.74) is 0.820. The Kier molecular flexibility index (Phi) is 3.13. The van der Waals surface area contributed by atoms with Gasteiger partial charge in [0, 0.05) is 6.20 Å². The smallest absolute Gasteiger partial charge is 0.299 e. The standard InChI is InChI=1S/C9H8ClN3OS/c1-6-7(3-2-4-11-6)14-9-13-12-8(5-10)15-9/h2-4H,5H2,1H3. The highest BCUT2D eigenvalue weighted by molar-refractivity contribution is 7.13. The van der Waals surface area contributed by atoms with Crippen molar-refractivity contribution < 1.29 is 4.74 Å². The molecule has 0 saturated carbocycles. The van der Waals surface area contributed by atoms with E-state index in [1.54, 1.807) is 6.20 Å². The molecule has 15 heavy (non-hydrogen) atoms. The second kappa shape index (κ2) is 4.55. The number of pyridine rings is 1. The highest BCUT2D eigenvalue weighted by Gasteiger charge is 2.07. The van der Waals surface area contributed by atoms with E-state index in [4.69, 9.17) is 16.3 Å². The molecule has 0 saturated heterocycles. The van der Waals surface area contributed by atoms with Crippen LogP contribution in [0.15, 0.2) is 18.3 Å². The van der Waals surface area contributed by atoms with Crippen LogP contribution in [0.3, 0.4) is 0 Å². The van der Waals surface area contributed by atoms with Gasteiger partial charge in [0.05, 0.1) is 11.6 Å². The number of hydrogen-bond donors (Lipinski definition) is 0. The Morgan fingerprint density at radius 2 is 2.33 bits per heavy atom. The van der Waals surface area contributed by atoms with Crippen LogP contribution in [0.25, 0.3) is 0 Å². The van der Waals surface area contributed by atoms with Crippen molar-refractivity contribution in [3.05, 3.63) is 29.0 Å². The molecule has 2 heterocycles. The van der Waals surface area contributed by atoms with Crippen LogP contribution in [0.1, 0.15) is 10.7 Å². The van der Waals surface area contributed by atoms with Gasteiger partial charge < -0.3 is 4.74 Å². The minimum Gasteiger partial charge on any atom is -0.428 e. The maximum atomic E-state index is 5.61. The molecule has 4 nitrogen and oxygen atoms in total. The summed E-state index contributed by atoms with van der Waals surface area (Å²) in [6.45, 7) is 1.87. The van der Waals surface area contributed by atoms with Crippen molar-refractivity contribution in [2.24, 2.45) is 0 Å². The first kappa shape index (κ1) is 10.3. The normalized spacial score (nSPS) is 10.3. The molecular weight excluding hydrogens is 234 g/mol. The number of nitrogens with zero attached hydrogens (tertiary/aromatic N) is 3. The molecule has 0 aliphatic rings. The third-order valence-electron chi connectivity index (χ3n) is 1.72. The maximum absolute atomic E-state index is 5.61. The molecule has 0 aromatic carbocycles. The molecule has 2 aromatic rings. The Balaban J connectivity index is 2.18. The van der Waals surface area contributed by atoms with Crippen LogP contribution in [-0.2, 0) is 5.88 Å². The number of halogens is 1. The monoisotopic (exact) mass is 241 g/mol. The van der Waals surface area contributed by atoms with E-state index in [9.17, 15) is 0 Å². The van der Waals surface area contributed by atoms with Crippen LogP contribution in [0.2, 0.25) is 0 Å². The molecule has 0 bridgehead atoms. The van der Waals surface area contributed by atoms with Crippen molar-refractivity contribution in [1.82, 2.24) is 15.2 Å². The zero-order valence-electron chi connectivity index (χ0n) is 7.98. The topological polar surface area (TPSA) is 47.9 Å². The number of rotatable bonds is 3. The van der Waals surface area contributed by atoms with Gasteiger partial charge in [0.1, 0.15) is 5.01 Å². The quantitative estimate of drug-likeness (QED) is 0.776. The molecule has 0 atom stereocenters. The molecular formula is C9H8ClN3OS. The number of ether oxygens (including phenoxy) is 1. The van der Waals surface area contributed by atoms with Crippen molar-refractivity contribution in [3.63, 3.8) is 0 Å². The summed E-state index contributed by atoms with van der Waals surface area (Å²) in [6.07, 6.45) is 1.71. The minimum absolute atomic E-state index is 0.354. The van der Waals surface area contributed by atoms with Gasteiger partial charge in [0.15, 0.2) is 5.75 Å². The van der Waals surface area contributed by atoms with Gasteiger partial charge >= 0.3 is 0 Å². The third kappa shape index (κ3) is 2.43. The molecule has 0 unspecified atom stereocenters. The predicted molar refractivity (Wildman–Crippen MR) is 58.5 cm³/mol. The van der Waals surface area contributed by atoms with Crippen molar-refractivity contribution in [1.29, 1.82) is 0 Å². The Morgan fingerprint density at radius 3 is 3.00 bits per heavy atom. The fraction of sp³-hybridized carbons (Fsp3) is 0.222. The Hall–Kier alpha value is -1.20. The summed E-state index contributed by atoms with van der Waals surface area (Å²) in [7, 11) is 0. The maximum Gasteiger partial charge on any atom is 0.299 e. The molecule has 2 rings (SSSR count). The lowest BCUT2D eigenvalue weighted by atomic mass is 10.3. The highest BCUT2D eigenvalue weighted by Crippen LogP contribution is 2.26. The Morgan fingerprint density at radius 1 is 1.47 bits per heavy atom. The van der Waals surface area contributed by atoms with Crippen LogP contribution in [0.5, 0.6) is 10.9 Å². The summed E-state index contributed by atoms with van der Waals surface area (Å²) >= 11 is 6.95. The number of aromatic nitrogens is 3. The van der Waals surface area contributed by atoms with E-state index in [1.807, 2.05) is 19.1 Å². The lowest BCUT2D eigenvalue weighted by Crippen LogP contribution is -1.88. The molecule has 0 fully saturated rings. The average molecular weight is 242 g/mol. The number of hydrogen-bond acceptors (Lipinski definition) is 5. The van der Waals surface area contributed by atoms with Gasteiger partial charge in [-0.2, -0.15) is 0 Å². The van der Waals surface area contributed by atoms with E-state index < -0.39 is 0 Å². The predicted octanol–water partition coefficient (Wildman–Crippen LogP) is 2.77. The summed E-state index contributed by atoms with van der Waals surface area (Å²) in [6, 6.07) is 3.65. The zero-order chi connectivity index (χ0) is 10.7. The first-order chi connectivity index (χ1) is 7.29. The second-order valence-corrected chi connectivity index (χ2v) is 4.08. The number of aryl methyl sites for hydroxylation is 1. The minimum atomic E-state index is 0.354. The molecule has 0 radical (unpaired) electrons. The summed E-state index contributed by atoms with van der Waals surface area (Å²) in [5, 5.41) is 8.94. The molecule has 0 amide bonds. The Bertz CT molecular complexity index is 460. The van der Waals surface area contributed by atoms with Gasteiger partial charge in [-0.1, -0.05) is 16.4 Å². The lowest BCUT2D eigenvalue weighted by Gasteiger charge is -2.02. The summed E-state index contributed by atoms with van der Waals surface area (Å²) < 4.78 is 5.52. The fourth-order valence-corrected chi connectivity index (χ4v) is 1.77. The van der Waals surface area contributed by atoms with Gasteiger partial charge in [0.2, 0.25) is 0 Å².